The lowest BCUT2D eigenvalue weighted by Crippen LogP contribution is -2.38. The first-order valence-electron chi connectivity index (χ1n) is 13.0. The maximum absolute atomic E-state index is 13.0. The van der Waals surface area contributed by atoms with Gasteiger partial charge in [-0.1, -0.05) is 29.8 Å². The van der Waals surface area contributed by atoms with Crippen LogP contribution >= 0.6 is 11.6 Å². The molecular formula is C28H33ClN2O5S. The fourth-order valence-electron chi connectivity index (χ4n) is 5.24. The Morgan fingerprint density at radius 2 is 1.95 bits per heavy atom. The molecule has 2 heterocycles. The van der Waals surface area contributed by atoms with Crippen molar-refractivity contribution in [2.45, 2.75) is 38.7 Å². The van der Waals surface area contributed by atoms with Crippen molar-refractivity contribution in [3.8, 4) is 5.75 Å². The third-order valence-corrected chi connectivity index (χ3v) is 8.95. The fraction of sp³-hybridized carbons (Fsp3) is 0.464. The number of carbonyl (C=O) groups excluding carboxylic acids is 1. The van der Waals surface area contributed by atoms with Gasteiger partial charge in [0.05, 0.1) is 24.7 Å². The second-order valence-corrected chi connectivity index (χ2v) is 12.3. The Morgan fingerprint density at radius 1 is 1.05 bits per heavy atom. The van der Waals surface area contributed by atoms with E-state index in [9.17, 15) is 13.2 Å². The van der Waals surface area contributed by atoms with Crippen molar-refractivity contribution in [1.82, 2.24) is 4.72 Å². The number of nitrogens with one attached hydrogen (secondary N) is 1. The van der Waals surface area contributed by atoms with Crippen molar-refractivity contribution in [3.63, 3.8) is 0 Å². The molecule has 0 radical (unpaired) electrons. The highest BCUT2D eigenvalue weighted by Crippen LogP contribution is 2.39. The predicted molar refractivity (Wildman–Crippen MR) is 145 cm³/mol. The molecule has 2 aromatic rings. The molecule has 198 valence electrons. The van der Waals surface area contributed by atoms with E-state index in [0.717, 1.165) is 61.5 Å². The average Bonchev–Trinajstić information content (AvgIpc) is 2.88. The second-order valence-electron chi connectivity index (χ2n) is 10.0. The number of nitrogens with zero attached hydrogens (tertiary/aromatic N) is 1. The normalized spacial score (nSPS) is 25.2. The monoisotopic (exact) mass is 544 g/mol. The van der Waals surface area contributed by atoms with Crippen LogP contribution in [0.1, 0.15) is 47.2 Å². The molecule has 2 bridgehead atoms. The molecule has 1 aliphatic carbocycles. The van der Waals surface area contributed by atoms with Gasteiger partial charge in [0, 0.05) is 23.7 Å². The first kappa shape index (κ1) is 26.1. The lowest BCUT2D eigenvalue weighted by molar-refractivity contribution is 0.0981. The summed E-state index contributed by atoms with van der Waals surface area (Å²) in [4.78, 5) is 15.3. The summed E-state index contributed by atoms with van der Waals surface area (Å²) in [5.41, 5.74) is 3.40. The molecule has 0 saturated heterocycles. The van der Waals surface area contributed by atoms with Gasteiger partial charge in [0.2, 0.25) is 10.0 Å². The van der Waals surface area contributed by atoms with Gasteiger partial charge in [-0.25, -0.2) is 13.1 Å². The molecular weight excluding hydrogens is 512 g/mol. The number of benzene rings is 2. The maximum atomic E-state index is 13.0. The number of aryl methyl sites for hydroxylation is 1. The molecule has 1 amide bonds. The number of ether oxygens (including phenoxy) is 2. The number of amides is 1. The van der Waals surface area contributed by atoms with Crippen molar-refractivity contribution in [3.05, 3.63) is 70.3 Å². The van der Waals surface area contributed by atoms with E-state index in [-0.39, 0.29) is 17.9 Å². The molecule has 2 aliphatic heterocycles. The fourth-order valence-corrected chi connectivity index (χ4v) is 6.27. The van der Waals surface area contributed by atoms with Crippen molar-refractivity contribution in [2.75, 3.05) is 37.0 Å². The smallest absolute Gasteiger partial charge is 0.264 e. The topological polar surface area (TPSA) is 84.9 Å². The lowest BCUT2D eigenvalue weighted by Gasteiger charge is -2.40. The van der Waals surface area contributed by atoms with Gasteiger partial charge < -0.3 is 14.4 Å². The Kier molecular flexibility index (Phi) is 8.07. The Morgan fingerprint density at radius 3 is 2.78 bits per heavy atom. The van der Waals surface area contributed by atoms with Crippen LogP contribution in [0.5, 0.6) is 5.75 Å². The van der Waals surface area contributed by atoms with Gasteiger partial charge in [-0.05, 0) is 85.4 Å². The molecule has 1 saturated carbocycles. The molecule has 1 N–H and O–H groups in total. The number of sulfonamides is 1. The molecule has 2 atom stereocenters. The molecule has 9 heteroatoms. The third kappa shape index (κ3) is 6.48. The number of halogens is 1. The van der Waals surface area contributed by atoms with Crippen molar-refractivity contribution >= 4 is 33.2 Å². The first-order valence-corrected chi connectivity index (χ1v) is 15.0. The van der Waals surface area contributed by atoms with Gasteiger partial charge in [-0.2, -0.15) is 0 Å². The summed E-state index contributed by atoms with van der Waals surface area (Å²) in [6.07, 6.45) is 9.36. The van der Waals surface area contributed by atoms with Crippen LogP contribution in [0.2, 0.25) is 5.02 Å². The Bertz CT molecular complexity index is 1280. The molecule has 5 rings (SSSR count). The van der Waals surface area contributed by atoms with Gasteiger partial charge >= 0.3 is 0 Å². The minimum Gasteiger partial charge on any atom is -0.487 e. The van der Waals surface area contributed by atoms with Gasteiger partial charge in [0.15, 0.2) is 0 Å². The largest absolute Gasteiger partial charge is 0.487 e. The van der Waals surface area contributed by atoms with Crippen LogP contribution in [-0.2, 0) is 27.8 Å². The van der Waals surface area contributed by atoms with Crippen molar-refractivity contribution < 1.29 is 22.7 Å². The molecule has 3 aliphatic rings. The predicted octanol–water partition coefficient (Wildman–Crippen LogP) is 4.73. The van der Waals surface area contributed by atoms with Crippen LogP contribution in [0.4, 0.5) is 5.69 Å². The van der Waals surface area contributed by atoms with Crippen molar-refractivity contribution in [1.29, 1.82) is 0 Å². The van der Waals surface area contributed by atoms with Crippen LogP contribution in [0.3, 0.4) is 0 Å². The highest BCUT2D eigenvalue weighted by atomic mass is 35.5. The summed E-state index contributed by atoms with van der Waals surface area (Å²) in [6.45, 7) is 2.43. The standard InChI is InChI=1S/C28H33ClN2O5S/c29-25-10-8-24-19-36-27-11-9-22-17-26(27)31(12-2-1-4-21(24)16-25)18-23-7-6-20(23)5-3-13-35-14-15-37(33,34)30-28(22)32/h3,5,8-11,16-17,20,23H,1-2,4,6-7,12-15,18-19H2,(H,30,32)/b5-3+/t20-,23+/m1/s1. The molecule has 1 fully saturated rings. The van der Waals surface area contributed by atoms with Gasteiger partial charge in [0.25, 0.3) is 5.91 Å². The van der Waals surface area contributed by atoms with Gasteiger partial charge in [0.1, 0.15) is 12.4 Å². The maximum Gasteiger partial charge on any atom is 0.264 e. The summed E-state index contributed by atoms with van der Waals surface area (Å²) in [5, 5.41) is 0.722. The van der Waals surface area contributed by atoms with E-state index in [0.29, 0.717) is 30.8 Å². The second kappa shape index (κ2) is 11.5. The Balaban J connectivity index is 1.51. The van der Waals surface area contributed by atoms with Gasteiger partial charge in [-0.3, -0.25) is 4.79 Å². The molecule has 0 spiro atoms. The summed E-state index contributed by atoms with van der Waals surface area (Å²) < 4.78 is 38.9. The summed E-state index contributed by atoms with van der Waals surface area (Å²) in [7, 11) is -3.82. The number of fused-ring (bicyclic) bond motifs is 3. The minimum absolute atomic E-state index is 0.0273. The molecule has 0 unspecified atom stereocenters. The van der Waals surface area contributed by atoms with E-state index in [4.69, 9.17) is 21.1 Å². The number of hydrogen-bond donors (Lipinski definition) is 1. The number of rotatable bonds is 0. The summed E-state index contributed by atoms with van der Waals surface area (Å²) >= 11 is 6.27. The zero-order valence-electron chi connectivity index (χ0n) is 20.8. The minimum atomic E-state index is -3.82. The number of carbonyl (C=O) groups is 1. The molecule has 37 heavy (non-hydrogen) atoms. The van der Waals surface area contributed by atoms with Crippen LogP contribution in [0, 0.1) is 11.8 Å². The van der Waals surface area contributed by atoms with E-state index in [1.165, 1.54) is 5.56 Å². The van der Waals surface area contributed by atoms with E-state index in [1.807, 2.05) is 24.3 Å². The van der Waals surface area contributed by atoms with Gasteiger partial charge in [-0.15, -0.1) is 0 Å². The van der Waals surface area contributed by atoms with Crippen LogP contribution in [0.25, 0.3) is 0 Å². The molecule has 7 nitrogen and oxygen atoms in total. The van der Waals surface area contributed by atoms with E-state index in [1.54, 1.807) is 18.2 Å². The number of anilines is 1. The Labute approximate surface area is 223 Å². The summed E-state index contributed by atoms with van der Waals surface area (Å²) in [6, 6.07) is 11.1. The molecule has 0 aromatic heterocycles. The third-order valence-electron chi connectivity index (χ3n) is 7.51. The molecule has 2 aromatic carbocycles. The zero-order valence-corrected chi connectivity index (χ0v) is 22.4. The highest BCUT2D eigenvalue weighted by molar-refractivity contribution is 7.90. The Hall–Kier alpha value is -2.55. The van der Waals surface area contributed by atoms with E-state index >= 15 is 0 Å². The first-order chi connectivity index (χ1) is 17.9. The lowest BCUT2D eigenvalue weighted by atomic mass is 9.73. The summed E-state index contributed by atoms with van der Waals surface area (Å²) in [5.74, 6) is 0.716. The quantitative estimate of drug-likeness (QED) is 0.482. The SMILES string of the molecule is O=C1NS(=O)(=O)CCOC/C=C/[C@@H]2CC[C@H]2CN2CCCCc3cc(Cl)ccc3COc3ccc1cc32. The number of allylic oxidation sites excluding steroid dienone is 1. The van der Waals surface area contributed by atoms with Crippen LogP contribution in [0.15, 0.2) is 48.6 Å². The number of hydrogen-bond acceptors (Lipinski definition) is 6. The average molecular weight is 545 g/mol. The van der Waals surface area contributed by atoms with Crippen LogP contribution in [-0.4, -0.2) is 46.4 Å². The van der Waals surface area contributed by atoms with E-state index < -0.39 is 15.9 Å². The van der Waals surface area contributed by atoms with Crippen molar-refractivity contribution in [2.24, 2.45) is 11.8 Å². The highest BCUT2D eigenvalue weighted by Gasteiger charge is 2.31. The van der Waals surface area contributed by atoms with E-state index in [2.05, 4.69) is 15.7 Å². The zero-order chi connectivity index (χ0) is 25.8. The van der Waals surface area contributed by atoms with Crippen LogP contribution < -0.4 is 14.4 Å².